The number of hydrogen-bond acceptors (Lipinski definition) is 8. The lowest BCUT2D eigenvalue weighted by Crippen LogP contribution is -2.13. The van der Waals surface area contributed by atoms with Crippen molar-refractivity contribution in [3.8, 4) is 11.5 Å². The van der Waals surface area contributed by atoms with E-state index in [4.69, 9.17) is 32.7 Å². The summed E-state index contributed by atoms with van der Waals surface area (Å²) >= 11 is 12.3. The number of phenolic OH excluding ortho intramolecular Hbond substituents is 1. The van der Waals surface area contributed by atoms with E-state index in [0.29, 0.717) is 37.8 Å². The molecule has 0 heterocycles. The lowest BCUT2D eigenvalue weighted by atomic mass is 10.0. The molecule has 9 nitrogen and oxygen atoms in total. The van der Waals surface area contributed by atoms with Gasteiger partial charge >= 0.3 is 5.97 Å². The van der Waals surface area contributed by atoms with Gasteiger partial charge in [-0.15, -0.1) is 10.2 Å². The third kappa shape index (κ3) is 6.80. The van der Waals surface area contributed by atoms with Gasteiger partial charge in [0.05, 0.1) is 31.0 Å². The predicted octanol–water partition coefficient (Wildman–Crippen LogP) is 8.74. The number of anilines is 1. The molecule has 5 aromatic carbocycles. The van der Waals surface area contributed by atoms with Crippen molar-refractivity contribution in [2.24, 2.45) is 10.2 Å². The van der Waals surface area contributed by atoms with Crippen molar-refractivity contribution in [3.05, 3.63) is 123 Å². The number of carbonyl (C=O) groups excluding carboxylic acids is 3. The van der Waals surface area contributed by atoms with Gasteiger partial charge in [0.2, 0.25) is 0 Å². The molecule has 5 aromatic rings. The summed E-state index contributed by atoms with van der Waals surface area (Å²) < 4.78 is 10.2. The number of benzene rings is 5. The highest BCUT2D eigenvalue weighted by atomic mass is 35.5. The van der Waals surface area contributed by atoms with Crippen molar-refractivity contribution in [2.45, 2.75) is 6.42 Å². The summed E-state index contributed by atoms with van der Waals surface area (Å²) in [5.74, 6) is -1.63. The first-order chi connectivity index (χ1) is 21.7. The highest BCUT2D eigenvalue weighted by molar-refractivity contribution is 6.33. The van der Waals surface area contributed by atoms with Crippen LogP contribution >= 0.6 is 23.2 Å². The first kappa shape index (κ1) is 31.2. The second-order valence-corrected chi connectivity index (χ2v) is 10.6. The molecular weight excluding hydrogens is 617 g/mol. The standard InChI is InChI=1S/C34H25Cl2N3O6/c1-44-30-10-6-5-9-27(30)37-33(42)25-16-19-7-3-4-8-23(19)31(32(25)41)39-38-28-17-20(11-13-24(28)34(43)45-2)29(40)18-21-15-22(35)12-14-26(21)36/h3-17,41H,18H2,1-2H3,(H,37,42). The van der Waals surface area contributed by atoms with E-state index in [9.17, 15) is 19.5 Å². The van der Waals surface area contributed by atoms with E-state index in [1.165, 1.54) is 38.5 Å². The number of ketones is 1. The van der Waals surface area contributed by atoms with E-state index in [2.05, 4.69) is 15.5 Å². The van der Waals surface area contributed by atoms with Crippen molar-refractivity contribution < 1.29 is 29.0 Å². The Morgan fingerprint density at radius 1 is 0.844 bits per heavy atom. The molecule has 5 rings (SSSR count). The summed E-state index contributed by atoms with van der Waals surface area (Å²) in [5, 5.41) is 24.5. The van der Waals surface area contributed by atoms with E-state index in [1.807, 2.05) is 0 Å². The van der Waals surface area contributed by atoms with Crippen LogP contribution in [0.25, 0.3) is 10.8 Å². The molecule has 0 fully saturated rings. The Balaban J connectivity index is 1.56. The monoisotopic (exact) mass is 641 g/mol. The van der Waals surface area contributed by atoms with Crippen molar-refractivity contribution in [2.75, 3.05) is 19.5 Å². The Morgan fingerprint density at radius 2 is 1.60 bits per heavy atom. The van der Waals surface area contributed by atoms with Crippen LogP contribution in [-0.2, 0) is 11.2 Å². The maximum absolute atomic E-state index is 13.4. The maximum Gasteiger partial charge on any atom is 0.340 e. The number of ether oxygens (including phenoxy) is 2. The minimum absolute atomic E-state index is 0.0113. The van der Waals surface area contributed by atoms with Crippen LogP contribution in [-0.4, -0.2) is 37.0 Å². The Labute approximate surface area is 268 Å². The topological polar surface area (TPSA) is 127 Å². The first-order valence-electron chi connectivity index (χ1n) is 13.5. The number of azo groups is 1. The lowest BCUT2D eigenvalue weighted by molar-refractivity contribution is 0.0601. The molecule has 0 bridgehead atoms. The fraction of sp³-hybridized carbons (Fsp3) is 0.0882. The van der Waals surface area contributed by atoms with Crippen molar-refractivity contribution in [3.63, 3.8) is 0 Å². The Bertz CT molecular complexity index is 1990. The van der Waals surface area contributed by atoms with E-state index in [1.54, 1.807) is 66.7 Å². The summed E-state index contributed by atoms with van der Waals surface area (Å²) in [6, 6.07) is 24.5. The molecule has 0 aromatic heterocycles. The number of nitrogens with zero attached hydrogens (tertiary/aromatic N) is 2. The van der Waals surface area contributed by atoms with Crippen LogP contribution in [0.2, 0.25) is 10.0 Å². The summed E-state index contributed by atoms with van der Waals surface area (Å²) in [6.07, 6.45) is -0.0532. The zero-order valence-corrected chi connectivity index (χ0v) is 25.5. The van der Waals surface area contributed by atoms with Gasteiger partial charge in [0.25, 0.3) is 5.91 Å². The molecule has 11 heteroatoms. The molecule has 0 aliphatic heterocycles. The Hall–Kier alpha value is -5.25. The maximum atomic E-state index is 13.4. The molecule has 226 valence electrons. The molecule has 0 radical (unpaired) electrons. The smallest absolute Gasteiger partial charge is 0.340 e. The van der Waals surface area contributed by atoms with Gasteiger partial charge in [-0.25, -0.2) is 4.79 Å². The molecule has 0 aliphatic rings. The molecule has 0 spiro atoms. The number of phenols is 1. The average Bonchev–Trinajstić information content (AvgIpc) is 3.05. The number of amides is 1. The summed E-state index contributed by atoms with van der Waals surface area (Å²) in [4.78, 5) is 39.2. The first-order valence-corrected chi connectivity index (χ1v) is 14.3. The number of methoxy groups -OCH3 is 2. The van der Waals surface area contributed by atoms with Crippen molar-refractivity contribution in [1.82, 2.24) is 0 Å². The van der Waals surface area contributed by atoms with Gasteiger partial charge in [-0.3, -0.25) is 9.59 Å². The third-order valence-electron chi connectivity index (χ3n) is 6.94. The number of halogens is 2. The zero-order chi connectivity index (χ0) is 32.1. The van der Waals surface area contributed by atoms with Gasteiger partial charge in [0.1, 0.15) is 17.1 Å². The van der Waals surface area contributed by atoms with Crippen LogP contribution in [0.5, 0.6) is 11.5 Å². The van der Waals surface area contributed by atoms with Gasteiger partial charge in [-0.2, -0.15) is 0 Å². The van der Waals surface area contributed by atoms with Gasteiger partial charge in [0, 0.05) is 27.4 Å². The molecule has 0 atom stereocenters. The SMILES string of the molecule is COC(=O)c1ccc(C(=O)Cc2cc(Cl)ccc2Cl)cc1N=Nc1c(O)c(C(=O)Nc2ccccc2OC)cc2ccccc12. The van der Waals surface area contributed by atoms with Gasteiger partial charge in [-0.1, -0.05) is 65.7 Å². The summed E-state index contributed by atoms with van der Waals surface area (Å²) in [5.41, 5.74) is 1.13. The van der Waals surface area contributed by atoms with E-state index < -0.39 is 17.6 Å². The van der Waals surface area contributed by atoms with Crippen LogP contribution in [0, 0.1) is 0 Å². The summed E-state index contributed by atoms with van der Waals surface area (Å²) in [7, 11) is 2.70. The normalized spacial score (nSPS) is 11.0. The lowest BCUT2D eigenvalue weighted by Gasteiger charge is -2.13. The number of fused-ring (bicyclic) bond motifs is 1. The number of nitrogens with one attached hydrogen (secondary N) is 1. The predicted molar refractivity (Wildman–Crippen MR) is 173 cm³/mol. The fourth-order valence-electron chi connectivity index (χ4n) is 4.66. The number of aromatic hydroxyl groups is 1. The number of Topliss-reactive ketones (excluding diaryl/α,β-unsaturated/α-hetero) is 1. The van der Waals surface area contributed by atoms with Gasteiger partial charge in [0.15, 0.2) is 11.5 Å². The van der Waals surface area contributed by atoms with Gasteiger partial charge < -0.3 is 19.9 Å². The number of carbonyl (C=O) groups is 3. The van der Waals surface area contributed by atoms with Crippen molar-refractivity contribution in [1.29, 1.82) is 0 Å². The average molecular weight is 642 g/mol. The highest BCUT2D eigenvalue weighted by Crippen LogP contribution is 2.40. The molecule has 0 unspecified atom stereocenters. The van der Waals surface area contributed by atoms with Crippen LogP contribution in [0.3, 0.4) is 0 Å². The number of para-hydroxylation sites is 2. The third-order valence-corrected chi connectivity index (χ3v) is 7.54. The molecule has 0 saturated carbocycles. The quantitative estimate of drug-likeness (QED) is 0.0941. The molecule has 0 aliphatic carbocycles. The zero-order valence-electron chi connectivity index (χ0n) is 24.0. The van der Waals surface area contributed by atoms with E-state index in [0.717, 1.165) is 0 Å². The molecule has 1 amide bonds. The van der Waals surface area contributed by atoms with Crippen LogP contribution in [0.15, 0.2) is 101 Å². The van der Waals surface area contributed by atoms with Crippen LogP contribution in [0.4, 0.5) is 17.1 Å². The number of hydrogen-bond donors (Lipinski definition) is 2. The second kappa shape index (κ2) is 13.6. The molecular formula is C34H25Cl2N3O6. The number of rotatable bonds is 9. The Morgan fingerprint density at radius 3 is 2.38 bits per heavy atom. The second-order valence-electron chi connectivity index (χ2n) is 9.76. The van der Waals surface area contributed by atoms with E-state index >= 15 is 0 Å². The van der Waals surface area contributed by atoms with Crippen LogP contribution < -0.4 is 10.1 Å². The highest BCUT2D eigenvalue weighted by Gasteiger charge is 2.21. The minimum Gasteiger partial charge on any atom is -0.505 e. The number of esters is 1. The van der Waals surface area contributed by atoms with Crippen molar-refractivity contribution >= 4 is 68.7 Å². The largest absolute Gasteiger partial charge is 0.505 e. The molecule has 0 saturated heterocycles. The van der Waals surface area contributed by atoms with E-state index in [-0.39, 0.29) is 40.3 Å². The summed E-state index contributed by atoms with van der Waals surface area (Å²) in [6.45, 7) is 0. The molecule has 2 N–H and O–H groups in total. The van der Waals surface area contributed by atoms with Crippen LogP contribution in [0.1, 0.15) is 36.6 Å². The molecule has 45 heavy (non-hydrogen) atoms. The fourth-order valence-corrected chi connectivity index (χ4v) is 5.04. The Kier molecular flexibility index (Phi) is 9.42. The minimum atomic E-state index is -0.708. The van der Waals surface area contributed by atoms with Gasteiger partial charge in [-0.05, 0) is 59.5 Å².